The summed E-state index contributed by atoms with van der Waals surface area (Å²) in [5.41, 5.74) is 14.7. The highest BCUT2D eigenvalue weighted by Crippen LogP contribution is 2.23. The van der Waals surface area contributed by atoms with E-state index in [0.29, 0.717) is 22.9 Å². The highest BCUT2D eigenvalue weighted by molar-refractivity contribution is 5.64. The Balaban J connectivity index is 1.91. The normalized spacial score (nSPS) is 17.0. The Bertz CT molecular complexity index is 812. The van der Waals surface area contributed by atoms with Crippen LogP contribution in [0.1, 0.15) is 37.4 Å². The largest absolute Gasteiger partial charge is 0.399 e. The van der Waals surface area contributed by atoms with Crippen molar-refractivity contribution in [1.29, 1.82) is 5.26 Å². The zero-order valence-corrected chi connectivity index (χ0v) is 15.1. The van der Waals surface area contributed by atoms with Crippen LogP contribution >= 0.6 is 0 Å². The number of rotatable bonds is 5. The van der Waals surface area contributed by atoms with Gasteiger partial charge in [-0.1, -0.05) is 13.3 Å². The highest BCUT2D eigenvalue weighted by Gasteiger charge is 2.19. The quantitative estimate of drug-likeness (QED) is 0.709. The van der Waals surface area contributed by atoms with E-state index >= 15 is 0 Å². The van der Waals surface area contributed by atoms with Crippen molar-refractivity contribution in [2.75, 3.05) is 29.0 Å². The molecule has 0 bridgehead atoms. The molecule has 5 N–H and O–H groups in total. The molecule has 1 unspecified atom stereocenters. The summed E-state index contributed by atoms with van der Waals surface area (Å²) < 4.78 is 0. The first-order chi connectivity index (χ1) is 12.6. The van der Waals surface area contributed by atoms with Gasteiger partial charge in [0.1, 0.15) is 5.82 Å². The molecule has 1 aliphatic heterocycles. The Morgan fingerprint density at radius 3 is 2.88 bits per heavy atom. The van der Waals surface area contributed by atoms with Gasteiger partial charge in [0.15, 0.2) is 0 Å². The van der Waals surface area contributed by atoms with Crippen LogP contribution in [-0.4, -0.2) is 29.1 Å². The standard InChI is InChI=1S/C19H25N7/c1-2-4-16-10-18(26-6-3-5-14(21)12-26)25-19(23-16)24-17-8-13(11-20)7-15(22)9-17/h7-10,14H,2-6,12,21-22H2,1H3,(H,23,24,25). The minimum Gasteiger partial charge on any atom is -0.399 e. The van der Waals surface area contributed by atoms with E-state index in [4.69, 9.17) is 16.7 Å². The summed E-state index contributed by atoms with van der Waals surface area (Å²) in [6, 6.07) is 9.49. The second-order valence-corrected chi connectivity index (χ2v) is 6.72. The van der Waals surface area contributed by atoms with Crippen molar-refractivity contribution in [2.24, 2.45) is 5.73 Å². The summed E-state index contributed by atoms with van der Waals surface area (Å²) >= 11 is 0. The van der Waals surface area contributed by atoms with Gasteiger partial charge in [-0.25, -0.2) is 4.98 Å². The van der Waals surface area contributed by atoms with E-state index in [9.17, 15) is 0 Å². The molecule has 7 heteroatoms. The van der Waals surface area contributed by atoms with E-state index in [1.807, 2.05) is 6.07 Å². The van der Waals surface area contributed by atoms with Gasteiger partial charge in [-0.2, -0.15) is 10.2 Å². The minimum atomic E-state index is 0.178. The van der Waals surface area contributed by atoms with Crippen molar-refractivity contribution in [1.82, 2.24) is 9.97 Å². The topological polar surface area (TPSA) is 117 Å². The lowest BCUT2D eigenvalue weighted by Gasteiger charge is -2.32. The highest BCUT2D eigenvalue weighted by atomic mass is 15.2. The van der Waals surface area contributed by atoms with Gasteiger partial charge in [0.25, 0.3) is 0 Å². The molecular formula is C19H25N7. The number of piperidine rings is 1. The van der Waals surface area contributed by atoms with E-state index in [-0.39, 0.29) is 6.04 Å². The number of nitrogens with zero attached hydrogens (tertiary/aromatic N) is 4. The van der Waals surface area contributed by atoms with Crippen LogP contribution in [-0.2, 0) is 6.42 Å². The molecule has 1 aliphatic rings. The molecule has 0 saturated carbocycles. The fourth-order valence-electron chi connectivity index (χ4n) is 3.22. The zero-order chi connectivity index (χ0) is 18.5. The zero-order valence-electron chi connectivity index (χ0n) is 15.1. The number of nitrogen functional groups attached to an aromatic ring is 1. The summed E-state index contributed by atoms with van der Waals surface area (Å²) in [6.45, 7) is 3.88. The van der Waals surface area contributed by atoms with Crippen molar-refractivity contribution in [3.8, 4) is 6.07 Å². The second-order valence-electron chi connectivity index (χ2n) is 6.72. The van der Waals surface area contributed by atoms with Gasteiger partial charge in [-0.15, -0.1) is 0 Å². The summed E-state index contributed by atoms with van der Waals surface area (Å²) in [5, 5.41) is 12.3. The number of aromatic nitrogens is 2. The van der Waals surface area contributed by atoms with Gasteiger partial charge in [0.05, 0.1) is 11.6 Å². The lowest BCUT2D eigenvalue weighted by molar-refractivity contribution is 0.503. The average Bonchev–Trinajstić information content (AvgIpc) is 2.61. The molecule has 1 atom stereocenters. The Kier molecular flexibility index (Phi) is 5.54. The molecule has 136 valence electrons. The van der Waals surface area contributed by atoms with Crippen LogP contribution in [0, 0.1) is 11.3 Å². The second kappa shape index (κ2) is 8.02. The first kappa shape index (κ1) is 18.0. The number of nitrogens with two attached hydrogens (primary N) is 2. The summed E-state index contributed by atoms with van der Waals surface area (Å²) in [5.74, 6) is 1.41. The summed E-state index contributed by atoms with van der Waals surface area (Å²) in [4.78, 5) is 11.5. The monoisotopic (exact) mass is 351 g/mol. The molecule has 2 aromatic rings. The van der Waals surface area contributed by atoms with Crippen LogP contribution in [0.5, 0.6) is 0 Å². The molecule has 0 radical (unpaired) electrons. The van der Waals surface area contributed by atoms with Crippen molar-refractivity contribution in [2.45, 2.75) is 38.6 Å². The van der Waals surface area contributed by atoms with Gasteiger partial charge in [-0.3, -0.25) is 0 Å². The predicted octanol–water partition coefficient (Wildman–Crippen LogP) is 2.55. The Hall–Kier alpha value is -2.85. The van der Waals surface area contributed by atoms with E-state index in [0.717, 1.165) is 50.3 Å². The first-order valence-electron chi connectivity index (χ1n) is 9.03. The first-order valence-corrected chi connectivity index (χ1v) is 9.03. The average molecular weight is 351 g/mol. The van der Waals surface area contributed by atoms with Crippen molar-refractivity contribution in [3.63, 3.8) is 0 Å². The fraction of sp³-hybridized carbons (Fsp3) is 0.421. The minimum absolute atomic E-state index is 0.178. The van der Waals surface area contributed by atoms with E-state index in [1.165, 1.54) is 0 Å². The molecule has 1 saturated heterocycles. The smallest absolute Gasteiger partial charge is 0.229 e. The number of anilines is 4. The molecule has 1 aromatic carbocycles. The molecular weight excluding hydrogens is 326 g/mol. The third-order valence-electron chi connectivity index (χ3n) is 4.39. The van der Waals surface area contributed by atoms with E-state index in [1.54, 1.807) is 18.2 Å². The van der Waals surface area contributed by atoms with Gasteiger partial charge < -0.3 is 21.7 Å². The van der Waals surface area contributed by atoms with Gasteiger partial charge in [0, 0.05) is 42.3 Å². The number of hydrogen-bond acceptors (Lipinski definition) is 7. The number of hydrogen-bond donors (Lipinski definition) is 3. The number of benzene rings is 1. The predicted molar refractivity (Wildman–Crippen MR) is 104 cm³/mol. The Labute approximate surface area is 154 Å². The van der Waals surface area contributed by atoms with E-state index in [2.05, 4.69) is 33.2 Å². The van der Waals surface area contributed by atoms with Gasteiger partial charge in [-0.05, 0) is 37.5 Å². The van der Waals surface area contributed by atoms with Gasteiger partial charge >= 0.3 is 0 Å². The lowest BCUT2D eigenvalue weighted by Crippen LogP contribution is -2.43. The Morgan fingerprint density at radius 2 is 2.15 bits per heavy atom. The maximum Gasteiger partial charge on any atom is 0.229 e. The molecule has 1 aromatic heterocycles. The molecule has 0 spiro atoms. The maximum absolute atomic E-state index is 9.12. The maximum atomic E-state index is 9.12. The van der Waals surface area contributed by atoms with E-state index < -0.39 is 0 Å². The third-order valence-corrected chi connectivity index (χ3v) is 4.39. The number of nitriles is 1. The van der Waals surface area contributed by atoms with Crippen molar-refractivity contribution < 1.29 is 0 Å². The van der Waals surface area contributed by atoms with Crippen LogP contribution in [0.3, 0.4) is 0 Å². The van der Waals surface area contributed by atoms with Crippen LogP contribution in [0.15, 0.2) is 24.3 Å². The Morgan fingerprint density at radius 1 is 1.31 bits per heavy atom. The lowest BCUT2D eigenvalue weighted by atomic mass is 10.1. The molecule has 0 amide bonds. The molecule has 26 heavy (non-hydrogen) atoms. The van der Waals surface area contributed by atoms with Crippen molar-refractivity contribution in [3.05, 3.63) is 35.5 Å². The third kappa shape index (κ3) is 4.41. The van der Waals surface area contributed by atoms with Crippen molar-refractivity contribution >= 4 is 23.1 Å². The fourth-order valence-corrected chi connectivity index (χ4v) is 3.22. The molecule has 7 nitrogen and oxygen atoms in total. The SMILES string of the molecule is CCCc1cc(N2CCCC(N)C2)nc(Nc2cc(N)cc(C#N)c2)n1. The molecule has 1 fully saturated rings. The molecule has 2 heterocycles. The molecule has 0 aliphatic carbocycles. The molecule has 3 rings (SSSR count). The summed E-state index contributed by atoms with van der Waals surface area (Å²) in [6.07, 6.45) is 4.00. The van der Waals surface area contributed by atoms with Crippen LogP contribution in [0.25, 0.3) is 0 Å². The number of aryl methyl sites for hydroxylation is 1. The van der Waals surface area contributed by atoms with Crippen LogP contribution < -0.4 is 21.7 Å². The van der Waals surface area contributed by atoms with Crippen LogP contribution in [0.4, 0.5) is 23.1 Å². The summed E-state index contributed by atoms with van der Waals surface area (Å²) in [7, 11) is 0. The van der Waals surface area contributed by atoms with Gasteiger partial charge in [0.2, 0.25) is 5.95 Å². The van der Waals surface area contributed by atoms with Crippen LogP contribution in [0.2, 0.25) is 0 Å². The number of nitrogens with one attached hydrogen (secondary N) is 1.